The van der Waals surface area contributed by atoms with Crippen LogP contribution in [0.3, 0.4) is 0 Å². The first-order valence-electron chi connectivity index (χ1n) is 0.123. The van der Waals surface area contributed by atoms with Gasteiger partial charge in [0.15, 0.2) is 0 Å². The van der Waals surface area contributed by atoms with Crippen LogP contribution in [-0.4, -0.2) is 0 Å². The SMILES string of the molecule is N.P.[O]=[Ag]. The third-order valence-corrected chi connectivity index (χ3v) is 0. The zero-order chi connectivity index (χ0) is 2.00. The Bertz CT molecular complexity index is 8.00. The van der Waals surface area contributed by atoms with Crippen LogP contribution in [0.4, 0.5) is 0 Å². The summed E-state index contributed by atoms with van der Waals surface area (Å²) in [6.45, 7) is 0. The van der Waals surface area contributed by atoms with Crippen molar-refractivity contribution in [3.8, 4) is 0 Å². The molecule has 0 aliphatic heterocycles. The van der Waals surface area contributed by atoms with E-state index in [0.717, 1.165) is 0 Å². The van der Waals surface area contributed by atoms with E-state index in [-0.39, 0.29) is 16.0 Å². The van der Waals surface area contributed by atoms with Gasteiger partial charge >= 0.3 is 24.3 Å². The molecule has 0 aliphatic rings. The molecule has 0 aromatic rings. The predicted octanol–water partition coefficient (Wildman–Crippen LogP) is 0.0988. The Morgan fingerprint density at radius 3 is 1.25 bits per heavy atom. The van der Waals surface area contributed by atoms with Crippen LogP contribution >= 0.6 is 9.90 Å². The van der Waals surface area contributed by atoms with Crippen LogP contribution < -0.4 is 6.15 Å². The molecule has 0 aliphatic carbocycles. The first kappa shape index (κ1) is 20.4. The van der Waals surface area contributed by atoms with E-state index in [4.69, 9.17) is 3.25 Å². The summed E-state index contributed by atoms with van der Waals surface area (Å²) in [7, 11) is 0. The van der Waals surface area contributed by atoms with Crippen molar-refractivity contribution in [2.75, 3.05) is 0 Å². The molecule has 33 valence electrons. The van der Waals surface area contributed by atoms with E-state index in [1.54, 1.807) is 21.0 Å². The zero-order valence-corrected chi connectivity index (χ0v) is 5.02. The van der Waals surface area contributed by atoms with Crippen molar-refractivity contribution in [1.29, 1.82) is 0 Å². The molecule has 0 rings (SSSR count). The van der Waals surface area contributed by atoms with Crippen molar-refractivity contribution >= 4 is 9.90 Å². The molecule has 0 fully saturated rings. The van der Waals surface area contributed by atoms with Crippen LogP contribution in [-0.2, 0) is 24.3 Å². The monoisotopic (exact) mass is 174 g/mol. The molecule has 1 unspecified atom stereocenters. The second-order valence-corrected chi connectivity index (χ2v) is 0. The predicted molar refractivity (Wildman–Crippen MR) is 16.8 cm³/mol. The summed E-state index contributed by atoms with van der Waals surface area (Å²) < 4.78 is 8.06. The maximum atomic E-state index is 8.06. The fourth-order valence-electron chi connectivity index (χ4n) is 0. The van der Waals surface area contributed by atoms with E-state index < -0.39 is 0 Å². The summed E-state index contributed by atoms with van der Waals surface area (Å²) in [4.78, 5) is 0. The minimum atomic E-state index is 0. The summed E-state index contributed by atoms with van der Waals surface area (Å²) in [6, 6.07) is 0. The van der Waals surface area contributed by atoms with Gasteiger partial charge in [0.1, 0.15) is 0 Å². The van der Waals surface area contributed by atoms with Crippen molar-refractivity contribution in [3.63, 3.8) is 0 Å². The molecule has 0 radical (unpaired) electrons. The summed E-state index contributed by atoms with van der Waals surface area (Å²) >= 11 is 1.70. The quantitative estimate of drug-likeness (QED) is 0.419. The molecule has 4 heteroatoms. The molecular weight excluding hydrogens is 169 g/mol. The van der Waals surface area contributed by atoms with E-state index in [9.17, 15) is 0 Å². The van der Waals surface area contributed by atoms with Crippen molar-refractivity contribution in [2.24, 2.45) is 0 Å². The molecule has 0 saturated carbocycles. The average Bonchev–Trinajstić information content (AvgIpc) is 1.00. The molecule has 0 saturated heterocycles. The Hall–Kier alpha value is 0.930. The van der Waals surface area contributed by atoms with Crippen molar-refractivity contribution < 1.29 is 24.3 Å². The zero-order valence-electron chi connectivity index (χ0n) is 2.12. The van der Waals surface area contributed by atoms with Gasteiger partial charge in [-0.1, -0.05) is 0 Å². The standard InChI is InChI=1S/Ag.H3N.O.H3P/h;1H3;;1H3. The summed E-state index contributed by atoms with van der Waals surface area (Å²) in [5.41, 5.74) is 0. The van der Waals surface area contributed by atoms with Crippen LogP contribution in [0.1, 0.15) is 0 Å². The molecule has 4 heavy (non-hydrogen) atoms. The van der Waals surface area contributed by atoms with Crippen molar-refractivity contribution in [3.05, 3.63) is 0 Å². The van der Waals surface area contributed by atoms with E-state index in [1.165, 1.54) is 0 Å². The Labute approximate surface area is 40.8 Å². The molecule has 0 amide bonds. The number of rotatable bonds is 0. The normalized spacial score (nSPS) is 1.50. The molecule has 1 atom stereocenters. The van der Waals surface area contributed by atoms with Gasteiger partial charge in [0.05, 0.1) is 0 Å². The molecule has 0 spiro atoms. The van der Waals surface area contributed by atoms with Gasteiger partial charge in [-0.25, -0.2) is 0 Å². The van der Waals surface area contributed by atoms with Crippen molar-refractivity contribution in [2.45, 2.75) is 0 Å². The van der Waals surface area contributed by atoms with Gasteiger partial charge in [0, 0.05) is 0 Å². The van der Waals surface area contributed by atoms with Gasteiger partial charge in [-0.15, -0.1) is 0 Å². The first-order valence-corrected chi connectivity index (χ1v) is 0.728. The van der Waals surface area contributed by atoms with Gasteiger partial charge in [0.2, 0.25) is 0 Å². The van der Waals surface area contributed by atoms with Gasteiger partial charge in [0.25, 0.3) is 0 Å². The van der Waals surface area contributed by atoms with E-state index in [1.807, 2.05) is 0 Å². The first-order chi connectivity index (χ1) is 1.00. The summed E-state index contributed by atoms with van der Waals surface area (Å²) in [6.07, 6.45) is 0. The maximum absolute atomic E-state index is 8.06. The Balaban J connectivity index is -0.00000000500. The van der Waals surface area contributed by atoms with E-state index in [2.05, 4.69) is 0 Å². The summed E-state index contributed by atoms with van der Waals surface area (Å²) in [5.74, 6) is 0. The third kappa shape index (κ3) is 12.6. The number of hydrogen-bond acceptors (Lipinski definition) is 2. The van der Waals surface area contributed by atoms with Crippen LogP contribution in [0.15, 0.2) is 0 Å². The Morgan fingerprint density at radius 1 is 1.25 bits per heavy atom. The summed E-state index contributed by atoms with van der Waals surface area (Å²) in [5, 5.41) is 0. The second-order valence-electron chi connectivity index (χ2n) is 0. The van der Waals surface area contributed by atoms with E-state index >= 15 is 0 Å². The van der Waals surface area contributed by atoms with Gasteiger partial charge in [-0.3, -0.25) is 0 Å². The molecular formula is H6AgNOP. The van der Waals surface area contributed by atoms with E-state index in [0.29, 0.717) is 0 Å². The Kier molecular flexibility index (Phi) is 199. The molecule has 0 aromatic carbocycles. The minimum absolute atomic E-state index is 0. The fraction of sp³-hybridized carbons (Fsp3) is 0. The molecule has 0 aromatic heterocycles. The molecule has 3 N–H and O–H groups in total. The van der Waals surface area contributed by atoms with Gasteiger partial charge in [-0.05, 0) is 0 Å². The second kappa shape index (κ2) is 39.0. The Morgan fingerprint density at radius 2 is 1.25 bits per heavy atom. The van der Waals surface area contributed by atoms with Crippen LogP contribution in [0.25, 0.3) is 0 Å². The van der Waals surface area contributed by atoms with Crippen LogP contribution in [0.5, 0.6) is 0 Å². The van der Waals surface area contributed by atoms with Crippen molar-refractivity contribution in [1.82, 2.24) is 6.15 Å². The van der Waals surface area contributed by atoms with Gasteiger partial charge < -0.3 is 6.15 Å². The molecule has 2 nitrogen and oxygen atoms in total. The number of hydrogen-bond donors (Lipinski definition) is 1. The van der Waals surface area contributed by atoms with Gasteiger partial charge in [-0.2, -0.15) is 9.90 Å². The molecule has 0 bridgehead atoms. The topological polar surface area (TPSA) is 52.1 Å². The average molecular weight is 175 g/mol. The van der Waals surface area contributed by atoms with Crippen LogP contribution in [0, 0.1) is 0 Å². The fourth-order valence-corrected chi connectivity index (χ4v) is 0. The third-order valence-electron chi connectivity index (χ3n) is 0. The molecule has 0 heterocycles. The van der Waals surface area contributed by atoms with Crippen LogP contribution in [0.2, 0.25) is 0 Å².